The second kappa shape index (κ2) is 4.30. The van der Waals surface area contributed by atoms with Gasteiger partial charge in [0, 0.05) is 17.9 Å². The molecule has 0 aromatic carbocycles. The number of aromatic amines is 1. The van der Waals surface area contributed by atoms with Crippen LogP contribution in [0, 0.1) is 12.8 Å². The highest BCUT2D eigenvalue weighted by atomic mass is 15.1. The number of imidazole rings is 1. The SMILES string of the molecule is Cc1cnc(NC(C)CC(C)C)[nH]1. The summed E-state index contributed by atoms with van der Waals surface area (Å²) in [4.78, 5) is 7.35. The van der Waals surface area contributed by atoms with Crippen molar-refractivity contribution >= 4 is 5.95 Å². The Morgan fingerprint density at radius 3 is 2.62 bits per heavy atom. The third-order valence-electron chi connectivity index (χ3n) is 1.91. The molecule has 0 saturated heterocycles. The molecule has 3 nitrogen and oxygen atoms in total. The van der Waals surface area contributed by atoms with Gasteiger partial charge in [0.1, 0.15) is 0 Å². The van der Waals surface area contributed by atoms with Gasteiger partial charge >= 0.3 is 0 Å². The zero-order valence-corrected chi connectivity index (χ0v) is 8.89. The van der Waals surface area contributed by atoms with Crippen molar-refractivity contribution in [1.29, 1.82) is 0 Å². The number of rotatable bonds is 4. The zero-order valence-electron chi connectivity index (χ0n) is 8.89. The van der Waals surface area contributed by atoms with Crippen molar-refractivity contribution in [3.05, 3.63) is 11.9 Å². The first-order valence-electron chi connectivity index (χ1n) is 4.86. The minimum Gasteiger partial charge on any atom is -0.353 e. The maximum atomic E-state index is 4.20. The van der Waals surface area contributed by atoms with Gasteiger partial charge < -0.3 is 10.3 Å². The van der Waals surface area contributed by atoms with Gasteiger partial charge in [-0.15, -0.1) is 0 Å². The van der Waals surface area contributed by atoms with Crippen LogP contribution in [0.1, 0.15) is 32.9 Å². The molecule has 1 unspecified atom stereocenters. The third kappa shape index (κ3) is 3.49. The minimum absolute atomic E-state index is 0.477. The molecule has 0 radical (unpaired) electrons. The van der Waals surface area contributed by atoms with Crippen molar-refractivity contribution in [2.75, 3.05) is 5.32 Å². The van der Waals surface area contributed by atoms with E-state index < -0.39 is 0 Å². The molecule has 74 valence electrons. The molecular formula is C10H19N3. The first-order chi connectivity index (χ1) is 6.08. The summed E-state index contributed by atoms with van der Waals surface area (Å²) in [6.07, 6.45) is 3.00. The van der Waals surface area contributed by atoms with Gasteiger partial charge in [-0.25, -0.2) is 4.98 Å². The van der Waals surface area contributed by atoms with Gasteiger partial charge in [-0.05, 0) is 26.2 Å². The Morgan fingerprint density at radius 1 is 1.46 bits per heavy atom. The molecule has 1 rings (SSSR count). The van der Waals surface area contributed by atoms with Gasteiger partial charge in [-0.2, -0.15) is 0 Å². The quantitative estimate of drug-likeness (QED) is 0.749. The number of aryl methyl sites for hydroxylation is 1. The normalized spacial score (nSPS) is 13.3. The van der Waals surface area contributed by atoms with Crippen LogP contribution in [0.25, 0.3) is 0 Å². The maximum Gasteiger partial charge on any atom is 0.200 e. The summed E-state index contributed by atoms with van der Waals surface area (Å²) >= 11 is 0. The molecule has 0 aliphatic carbocycles. The summed E-state index contributed by atoms with van der Waals surface area (Å²) in [6, 6.07) is 0.477. The van der Waals surface area contributed by atoms with E-state index >= 15 is 0 Å². The molecule has 1 aromatic heterocycles. The van der Waals surface area contributed by atoms with Crippen LogP contribution in [0.5, 0.6) is 0 Å². The van der Waals surface area contributed by atoms with Crippen molar-refractivity contribution in [2.24, 2.45) is 5.92 Å². The second-order valence-corrected chi connectivity index (χ2v) is 4.09. The van der Waals surface area contributed by atoms with Crippen LogP contribution >= 0.6 is 0 Å². The van der Waals surface area contributed by atoms with Gasteiger partial charge in [0.2, 0.25) is 0 Å². The lowest BCUT2D eigenvalue weighted by atomic mass is 10.1. The minimum atomic E-state index is 0.477. The van der Waals surface area contributed by atoms with Crippen LogP contribution in [0.3, 0.4) is 0 Å². The van der Waals surface area contributed by atoms with Crippen LogP contribution < -0.4 is 5.32 Å². The lowest BCUT2D eigenvalue weighted by molar-refractivity contribution is 0.538. The van der Waals surface area contributed by atoms with E-state index in [1.807, 2.05) is 13.1 Å². The van der Waals surface area contributed by atoms with Gasteiger partial charge in [0.15, 0.2) is 5.95 Å². The van der Waals surface area contributed by atoms with Gasteiger partial charge in [0.25, 0.3) is 0 Å². The summed E-state index contributed by atoms with van der Waals surface area (Å²) < 4.78 is 0. The fraction of sp³-hybridized carbons (Fsp3) is 0.700. The predicted molar refractivity (Wildman–Crippen MR) is 55.9 cm³/mol. The second-order valence-electron chi connectivity index (χ2n) is 4.09. The number of hydrogen-bond acceptors (Lipinski definition) is 2. The lowest BCUT2D eigenvalue weighted by Crippen LogP contribution is -2.18. The summed E-state index contributed by atoms with van der Waals surface area (Å²) in [5.41, 5.74) is 1.10. The Bertz CT molecular complexity index is 252. The number of aromatic nitrogens is 2. The highest BCUT2D eigenvalue weighted by Crippen LogP contribution is 2.09. The number of nitrogens with zero attached hydrogens (tertiary/aromatic N) is 1. The summed E-state index contributed by atoms with van der Waals surface area (Å²) in [7, 11) is 0. The molecule has 3 heteroatoms. The summed E-state index contributed by atoms with van der Waals surface area (Å²) in [5.74, 6) is 1.60. The average Bonchev–Trinajstić information content (AvgIpc) is 2.33. The van der Waals surface area contributed by atoms with E-state index in [-0.39, 0.29) is 0 Å². The summed E-state index contributed by atoms with van der Waals surface area (Å²) in [6.45, 7) is 8.64. The fourth-order valence-electron chi connectivity index (χ4n) is 1.49. The number of hydrogen-bond donors (Lipinski definition) is 2. The van der Waals surface area contributed by atoms with Gasteiger partial charge in [-0.1, -0.05) is 13.8 Å². The molecule has 1 heterocycles. The van der Waals surface area contributed by atoms with E-state index in [0.717, 1.165) is 17.6 Å². The molecule has 0 spiro atoms. The van der Waals surface area contributed by atoms with E-state index in [0.29, 0.717) is 6.04 Å². The van der Waals surface area contributed by atoms with Crippen molar-refractivity contribution < 1.29 is 0 Å². The largest absolute Gasteiger partial charge is 0.353 e. The molecule has 0 amide bonds. The Hall–Kier alpha value is -0.990. The number of anilines is 1. The van der Waals surface area contributed by atoms with E-state index in [4.69, 9.17) is 0 Å². The topological polar surface area (TPSA) is 40.7 Å². The van der Waals surface area contributed by atoms with Gasteiger partial charge in [-0.3, -0.25) is 0 Å². The van der Waals surface area contributed by atoms with Crippen molar-refractivity contribution in [3.63, 3.8) is 0 Å². The van der Waals surface area contributed by atoms with Crippen LogP contribution in [-0.2, 0) is 0 Å². The first-order valence-corrected chi connectivity index (χ1v) is 4.86. The molecule has 0 aliphatic heterocycles. The van der Waals surface area contributed by atoms with E-state index in [1.54, 1.807) is 0 Å². The van der Waals surface area contributed by atoms with Crippen LogP contribution in [0.4, 0.5) is 5.95 Å². The Balaban J connectivity index is 2.40. The lowest BCUT2D eigenvalue weighted by Gasteiger charge is -2.14. The molecule has 0 saturated carbocycles. The molecule has 13 heavy (non-hydrogen) atoms. The maximum absolute atomic E-state index is 4.20. The number of nitrogens with one attached hydrogen (secondary N) is 2. The van der Waals surface area contributed by atoms with Crippen LogP contribution in [0.2, 0.25) is 0 Å². The predicted octanol–water partition coefficient (Wildman–Crippen LogP) is 2.56. The highest BCUT2D eigenvalue weighted by molar-refractivity contribution is 5.26. The van der Waals surface area contributed by atoms with E-state index in [2.05, 4.69) is 36.1 Å². The first kappa shape index (κ1) is 10.1. The molecule has 0 fully saturated rings. The Kier molecular flexibility index (Phi) is 3.34. The standard InChI is InChI=1S/C10H19N3/c1-7(2)5-8(3)12-10-11-6-9(4)13-10/h6-8H,5H2,1-4H3,(H2,11,12,13). The number of H-pyrrole nitrogens is 1. The van der Waals surface area contributed by atoms with E-state index in [9.17, 15) is 0 Å². The molecule has 0 bridgehead atoms. The molecule has 1 aromatic rings. The van der Waals surface area contributed by atoms with Crippen molar-refractivity contribution in [1.82, 2.24) is 9.97 Å². The van der Waals surface area contributed by atoms with E-state index in [1.165, 1.54) is 6.42 Å². The average molecular weight is 181 g/mol. The smallest absolute Gasteiger partial charge is 0.200 e. The molecule has 0 aliphatic rings. The molecular weight excluding hydrogens is 162 g/mol. The monoisotopic (exact) mass is 181 g/mol. The van der Waals surface area contributed by atoms with Crippen molar-refractivity contribution in [3.8, 4) is 0 Å². The van der Waals surface area contributed by atoms with Crippen LogP contribution in [0.15, 0.2) is 6.20 Å². The Labute approximate surface area is 80.0 Å². The van der Waals surface area contributed by atoms with Crippen LogP contribution in [-0.4, -0.2) is 16.0 Å². The molecule has 1 atom stereocenters. The highest BCUT2D eigenvalue weighted by Gasteiger charge is 2.05. The third-order valence-corrected chi connectivity index (χ3v) is 1.91. The Morgan fingerprint density at radius 2 is 2.15 bits per heavy atom. The van der Waals surface area contributed by atoms with Crippen molar-refractivity contribution in [2.45, 2.75) is 40.2 Å². The fourth-order valence-corrected chi connectivity index (χ4v) is 1.49. The summed E-state index contributed by atoms with van der Waals surface area (Å²) in [5, 5.41) is 3.33. The molecule has 2 N–H and O–H groups in total. The zero-order chi connectivity index (χ0) is 9.84. The van der Waals surface area contributed by atoms with Gasteiger partial charge in [0.05, 0.1) is 0 Å².